The molecule has 1 aromatic carbocycles. The maximum atomic E-state index is 12.8. The van der Waals surface area contributed by atoms with Crippen LogP contribution in [0.25, 0.3) is 0 Å². The number of fused-ring (bicyclic) bond motifs is 2. The zero-order chi connectivity index (χ0) is 18.1. The van der Waals surface area contributed by atoms with Crippen molar-refractivity contribution in [2.45, 2.75) is 31.8 Å². The smallest absolute Gasteiger partial charge is 0.318 e. The number of rotatable bonds is 1. The van der Waals surface area contributed by atoms with Crippen LogP contribution in [0, 0.1) is 0 Å². The number of hydrogen-bond acceptors (Lipinski definition) is 4. The number of ether oxygens (including phenoxy) is 1. The first-order valence-corrected chi connectivity index (χ1v) is 9.03. The van der Waals surface area contributed by atoms with E-state index in [0.717, 1.165) is 35.4 Å². The van der Waals surface area contributed by atoms with Crippen LogP contribution in [0.1, 0.15) is 35.7 Å². The Kier molecular flexibility index (Phi) is 4.55. The molecule has 26 heavy (non-hydrogen) atoms. The highest BCUT2D eigenvalue weighted by atomic mass is 35.5. The van der Waals surface area contributed by atoms with Crippen molar-refractivity contribution < 1.29 is 9.53 Å². The summed E-state index contributed by atoms with van der Waals surface area (Å²) in [5.74, 6) is 0.722. The summed E-state index contributed by atoms with van der Waals surface area (Å²) < 4.78 is 5.75. The normalized spacial score (nSPS) is 19.0. The molecule has 136 valence electrons. The summed E-state index contributed by atoms with van der Waals surface area (Å²) in [6.45, 7) is 1.55. The molecule has 2 aliphatic rings. The standard InChI is InChI=1S/C18H19ClN4O3/c19-12-3-4-13-15(2-1-7-26-16(13)9-12)20-18(25)23-6-5-14-11(10-23)8-17(24)22-21-14/h3-4,8-9,15H,1-2,5-7,10H2,(H,20,25)(H,22,24). The highest BCUT2D eigenvalue weighted by Crippen LogP contribution is 2.33. The van der Waals surface area contributed by atoms with Crippen LogP contribution in [-0.2, 0) is 13.0 Å². The number of amides is 2. The number of urea groups is 1. The van der Waals surface area contributed by atoms with Gasteiger partial charge in [0.25, 0.3) is 5.56 Å². The number of halogens is 1. The van der Waals surface area contributed by atoms with Crippen LogP contribution < -0.4 is 15.6 Å². The van der Waals surface area contributed by atoms with Crippen LogP contribution in [0.2, 0.25) is 5.02 Å². The van der Waals surface area contributed by atoms with Crippen LogP contribution >= 0.6 is 11.6 Å². The van der Waals surface area contributed by atoms with Crippen molar-refractivity contribution in [2.24, 2.45) is 0 Å². The molecule has 1 aromatic heterocycles. The van der Waals surface area contributed by atoms with Gasteiger partial charge in [-0.1, -0.05) is 17.7 Å². The molecule has 0 aliphatic carbocycles. The predicted octanol–water partition coefficient (Wildman–Crippen LogP) is 2.40. The van der Waals surface area contributed by atoms with E-state index in [2.05, 4.69) is 15.5 Å². The number of hydrogen-bond donors (Lipinski definition) is 2. The lowest BCUT2D eigenvalue weighted by Gasteiger charge is -2.30. The molecule has 2 aromatic rings. The summed E-state index contributed by atoms with van der Waals surface area (Å²) in [5, 5.41) is 10.2. The van der Waals surface area contributed by atoms with Gasteiger partial charge in [-0.2, -0.15) is 5.10 Å². The number of aromatic amines is 1. The zero-order valence-corrected chi connectivity index (χ0v) is 14.9. The summed E-state index contributed by atoms with van der Waals surface area (Å²) in [6.07, 6.45) is 2.27. The lowest BCUT2D eigenvalue weighted by molar-refractivity contribution is 0.187. The van der Waals surface area contributed by atoms with Crippen molar-refractivity contribution in [3.8, 4) is 5.75 Å². The average molecular weight is 375 g/mol. The molecule has 1 unspecified atom stereocenters. The predicted molar refractivity (Wildman–Crippen MR) is 96.4 cm³/mol. The maximum Gasteiger partial charge on any atom is 0.318 e. The van der Waals surface area contributed by atoms with Crippen LogP contribution in [0.15, 0.2) is 29.1 Å². The Morgan fingerprint density at radius 1 is 1.38 bits per heavy atom. The third-order valence-electron chi connectivity index (χ3n) is 4.79. The molecule has 0 saturated heterocycles. The SMILES string of the molecule is O=C(NC1CCCOc2cc(Cl)ccc21)N1CCc2n[nH]c(=O)cc2C1. The van der Waals surface area contributed by atoms with E-state index in [9.17, 15) is 9.59 Å². The van der Waals surface area contributed by atoms with E-state index in [4.69, 9.17) is 16.3 Å². The molecule has 3 heterocycles. The van der Waals surface area contributed by atoms with E-state index >= 15 is 0 Å². The first-order chi connectivity index (χ1) is 12.6. The van der Waals surface area contributed by atoms with Gasteiger partial charge in [0.2, 0.25) is 0 Å². The Bertz CT molecular complexity index is 898. The number of carbonyl (C=O) groups is 1. The van der Waals surface area contributed by atoms with Crippen LogP contribution in [0.3, 0.4) is 0 Å². The fourth-order valence-electron chi connectivity index (χ4n) is 3.46. The number of H-pyrrole nitrogens is 1. The van der Waals surface area contributed by atoms with Gasteiger partial charge in [0, 0.05) is 41.7 Å². The van der Waals surface area contributed by atoms with Gasteiger partial charge in [0.05, 0.1) is 18.3 Å². The minimum absolute atomic E-state index is 0.129. The Labute approximate surface area is 155 Å². The van der Waals surface area contributed by atoms with Crippen LogP contribution in [0.5, 0.6) is 5.75 Å². The summed E-state index contributed by atoms with van der Waals surface area (Å²) in [6, 6.07) is 6.74. The number of nitrogens with zero attached hydrogens (tertiary/aromatic N) is 2. The number of benzene rings is 1. The molecule has 0 spiro atoms. The van der Waals surface area contributed by atoms with E-state index in [1.165, 1.54) is 6.07 Å². The highest BCUT2D eigenvalue weighted by Gasteiger charge is 2.26. The lowest BCUT2D eigenvalue weighted by atomic mass is 10.0. The lowest BCUT2D eigenvalue weighted by Crippen LogP contribution is -2.44. The van der Waals surface area contributed by atoms with Crippen molar-refractivity contribution in [3.63, 3.8) is 0 Å². The summed E-state index contributed by atoms with van der Waals surface area (Å²) in [7, 11) is 0. The van der Waals surface area contributed by atoms with Gasteiger partial charge in [-0.05, 0) is 25.0 Å². The monoisotopic (exact) mass is 374 g/mol. The fraction of sp³-hybridized carbons (Fsp3) is 0.389. The zero-order valence-electron chi connectivity index (χ0n) is 14.1. The second kappa shape index (κ2) is 6.99. The Hall–Kier alpha value is -2.54. The molecule has 4 rings (SSSR count). The van der Waals surface area contributed by atoms with Gasteiger partial charge in [-0.3, -0.25) is 4.79 Å². The van der Waals surface area contributed by atoms with E-state index in [-0.39, 0.29) is 17.6 Å². The molecule has 2 aliphatic heterocycles. The maximum absolute atomic E-state index is 12.8. The Balaban J connectivity index is 1.51. The van der Waals surface area contributed by atoms with Gasteiger partial charge in [-0.25, -0.2) is 9.89 Å². The molecule has 0 radical (unpaired) electrons. The molecule has 2 N–H and O–H groups in total. The Morgan fingerprint density at radius 2 is 2.27 bits per heavy atom. The van der Waals surface area contributed by atoms with Crippen molar-refractivity contribution in [1.29, 1.82) is 0 Å². The van der Waals surface area contributed by atoms with Gasteiger partial charge >= 0.3 is 6.03 Å². The Morgan fingerprint density at radius 3 is 3.15 bits per heavy atom. The quantitative estimate of drug-likeness (QED) is 0.802. The highest BCUT2D eigenvalue weighted by molar-refractivity contribution is 6.30. The third-order valence-corrected chi connectivity index (χ3v) is 5.02. The third kappa shape index (κ3) is 3.39. The number of nitrogens with one attached hydrogen (secondary N) is 2. The van der Waals surface area contributed by atoms with Gasteiger partial charge in [0.1, 0.15) is 5.75 Å². The van der Waals surface area contributed by atoms with Crippen molar-refractivity contribution in [3.05, 3.63) is 56.5 Å². The van der Waals surface area contributed by atoms with Crippen LogP contribution in [-0.4, -0.2) is 34.3 Å². The average Bonchev–Trinajstić information content (AvgIpc) is 2.82. The minimum Gasteiger partial charge on any atom is -0.493 e. The van der Waals surface area contributed by atoms with Crippen LogP contribution in [0.4, 0.5) is 4.79 Å². The number of aromatic nitrogens is 2. The molecule has 0 bridgehead atoms. The van der Waals surface area contributed by atoms with E-state index in [1.807, 2.05) is 12.1 Å². The second-order valence-electron chi connectivity index (χ2n) is 6.55. The first kappa shape index (κ1) is 16.9. The molecule has 8 heteroatoms. The van der Waals surface area contributed by atoms with E-state index in [0.29, 0.717) is 31.1 Å². The van der Waals surface area contributed by atoms with E-state index in [1.54, 1.807) is 11.0 Å². The molecular formula is C18H19ClN4O3. The van der Waals surface area contributed by atoms with Gasteiger partial charge < -0.3 is 15.0 Å². The molecule has 0 fully saturated rings. The largest absolute Gasteiger partial charge is 0.493 e. The van der Waals surface area contributed by atoms with E-state index < -0.39 is 0 Å². The summed E-state index contributed by atoms with van der Waals surface area (Å²) in [5.41, 5.74) is 2.33. The summed E-state index contributed by atoms with van der Waals surface area (Å²) >= 11 is 6.06. The minimum atomic E-state index is -0.252. The van der Waals surface area contributed by atoms with Crippen molar-refractivity contribution in [2.75, 3.05) is 13.2 Å². The number of carbonyl (C=O) groups excluding carboxylic acids is 1. The second-order valence-corrected chi connectivity index (χ2v) is 6.99. The van der Waals surface area contributed by atoms with Crippen molar-refractivity contribution in [1.82, 2.24) is 20.4 Å². The first-order valence-electron chi connectivity index (χ1n) is 8.65. The molecule has 2 amide bonds. The topological polar surface area (TPSA) is 87.3 Å². The van der Waals surface area contributed by atoms with Gasteiger partial charge in [-0.15, -0.1) is 0 Å². The molecular weight excluding hydrogens is 356 g/mol. The molecule has 1 atom stereocenters. The summed E-state index contributed by atoms with van der Waals surface area (Å²) in [4.78, 5) is 26.0. The van der Waals surface area contributed by atoms with Crippen molar-refractivity contribution >= 4 is 17.6 Å². The fourth-order valence-corrected chi connectivity index (χ4v) is 3.62. The molecule has 0 saturated carbocycles. The van der Waals surface area contributed by atoms with Gasteiger partial charge in [0.15, 0.2) is 0 Å². The molecule has 7 nitrogen and oxygen atoms in total.